The highest BCUT2D eigenvalue weighted by Crippen LogP contribution is 2.27. The SMILES string of the molecule is CCCCCCCCC(CCCCCC)COC(=O)CCC(C)(C)C(=O)OCC(CCCCCC)CCCCCCCC. The molecule has 0 radical (unpaired) electrons. The second kappa shape index (κ2) is 29.6. The Balaban J connectivity index is 4.61. The molecule has 0 aromatic rings. The van der Waals surface area contributed by atoms with Crippen LogP contribution in [0.5, 0.6) is 0 Å². The van der Waals surface area contributed by atoms with Crippen molar-refractivity contribution in [2.45, 2.75) is 208 Å². The van der Waals surface area contributed by atoms with E-state index in [9.17, 15) is 9.59 Å². The Morgan fingerprint density at radius 3 is 1.21 bits per heavy atom. The molecule has 0 saturated heterocycles. The fraction of sp³-hybridized carbons (Fsp3) is 0.949. The minimum Gasteiger partial charge on any atom is -0.465 e. The first-order valence-electron chi connectivity index (χ1n) is 19.1. The number of hydrogen-bond donors (Lipinski definition) is 0. The van der Waals surface area contributed by atoms with E-state index in [1.165, 1.54) is 128 Å². The summed E-state index contributed by atoms with van der Waals surface area (Å²) in [6, 6.07) is 0. The van der Waals surface area contributed by atoms with Crippen LogP contribution < -0.4 is 0 Å². The van der Waals surface area contributed by atoms with Crippen molar-refractivity contribution in [3.05, 3.63) is 0 Å². The Morgan fingerprint density at radius 1 is 0.488 bits per heavy atom. The van der Waals surface area contributed by atoms with Crippen molar-refractivity contribution in [2.24, 2.45) is 17.3 Å². The minimum absolute atomic E-state index is 0.167. The third kappa shape index (κ3) is 25.9. The quantitative estimate of drug-likeness (QED) is 0.0563. The van der Waals surface area contributed by atoms with Crippen molar-refractivity contribution in [3.63, 3.8) is 0 Å². The van der Waals surface area contributed by atoms with Gasteiger partial charge in [-0.1, -0.05) is 156 Å². The number of ether oxygens (including phenoxy) is 2. The Hall–Kier alpha value is -1.06. The van der Waals surface area contributed by atoms with Crippen LogP contribution in [0, 0.1) is 17.3 Å². The predicted molar refractivity (Wildman–Crippen MR) is 185 cm³/mol. The fourth-order valence-electron chi connectivity index (χ4n) is 5.96. The predicted octanol–water partition coefficient (Wildman–Crippen LogP) is 12.6. The fourth-order valence-corrected chi connectivity index (χ4v) is 5.96. The lowest BCUT2D eigenvalue weighted by Gasteiger charge is -2.25. The van der Waals surface area contributed by atoms with Gasteiger partial charge in [-0.25, -0.2) is 0 Å². The van der Waals surface area contributed by atoms with Gasteiger partial charge in [0, 0.05) is 6.42 Å². The third-order valence-electron chi connectivity index (χ3n) is 9.30. The first-order valence-corrected chi connectivity index (χ1v) is 19.1. The number of rotatable bonds is 32. The molecule has 0 aliphatic heterocycles. The molecule has 0 rings (SSSR count). The smallest absolute Gasteiger partial charge is 0.311 e. The second-order valence-electron chi connectivity index (χ2n) is 14.2. The summed E-state index contributed by atoms with van der Waals surface area (Å²) in [5, 5.41) is 0. The van der Waals surface area contributed by atoms with Crippen molar-refractivity contribution < 1.29 is 19.1 Å². The third-order valence-corrected chi connectivity index (χ3v) is 9.30. The zero-order valence-corrected chi connectivity index (χ0v) is 30.1. The summed E-state index contributed by atoms with van der Waals surface area (Å²) in [6.07, 6.45) is 31.0. The van der Waals surface area contributed by atoms with Gasteiger partial charge >= 0.3 is 11.9 Å². The van der Waals surface area contributed by atoms with Crippen LogP contribution in [0.3, 0.4) is 0 Å². The molecule has 4 nitrogen and oxygen atoms in total. The molecule has 256 valence electrons. The summed E-state index contributed by atoms with van der Waals surface area (Å²) in [7, 11) is 0. The molecule has 0 aromatic heterocycles. The van der Waals surface area contributed by atoms with Crippen LogP contribution in [0.1, 0.15) is 208 Å². The maximum Gasteiger partial charge on any atom is 0.311 e. The number of carbonyl (C=O) groups excluding carboxylic acids is 2. The lowest BCUT2D eigenvalue weighted by molar-refractivity contribution is -0.157. The molecule has 2 atom stereocenters. The highest BCUT2D eigenvalue weighted by atomic mass is 16.5. The van der Waals surface area contributed by atoms with E-state index in [1.807, 2.05) is 13.8 Å². The van der Waals surface area contributed by atoms with E-state index in [1.54, 1.807) is 0 Å². The van der Waals surface area contributed by atoms with Gasteiger partial charge in [0.05, 0.1) is 18.6 Å². The van der Waals surface area contributed by atoms with Crippen molar-refractivity contribution >= 4 is 11.9 Å². The molecule has 0 fully saturated rings. The average Bonchev–Trinajstić information content (AvgIpc) is 3.00. The molecule has 0 aliphatic rings. The van der Waals surface area contributed by atoms with Gasteiger partial charge in [0.15, 0.2) is 0 Å². The van der Waals surface area contributed by atoms with E-state index >= 15 is 0 Å². The molecule has 0 N–H and O–H groups in total. The van der Waals surface area contributed by atoms with Gasteiger partial charge in [-0.15, -0.1) is 0 Å². The molecule has 0 heterocycles. The normalized spacial score (nSPS) is 13.2. The zero-order valence-electron chi connectivity index (χ0n) is 30.1. The van der Waals surface area contributed by atoms with Gasteiger partial charge in [-0.3, -0.25) is 9.59 Å². The first kappa shape index (κ1) is 41.9. The molecule has 0 aromatic carbocycles. The molecule has 2 unspecified atom stereocenters. The van der Waals surface area contributed by atoms with Crippen LogP contribution in [-0.4, -0.2) is 25.2 Å². The van der Waals surface area contributed by atoms with Crippen LogP contribution in [0.2, 0.25) is 0 Å². The summed E-state index contributed by atoms with van der Waals surface area (Å²) in [4.78, 5) is 25.8. The lowest BCUT2D eigenvalue weighted by Crippen LogP contribution is -2.29. The average molecular weight is 609 g/mol. The highest BCUT2D eigenvalue weighted by Gasteiger charge is 2.31. The van der Waals surface area contributed by atoms with Gasteiger partial charge in [0.2, 0.25) is 0 Å². The molecule has 0 spiro atoms. The Morgan fingerprint density at radius 2 is 0.814 bits per heavy atom. The maximum atomic E-state index is 13.1. The van der Waals surface area contributed by atoms with Crippen molar-refractivity contribution in [3.8, 4) is 0 Å². The molecule has 0 amide bonds. The van der Waals surface area contributed by atoms with Crippen molar-refractivity contribution in [1.82, 2.24) is 0 Å². The summed E-state index contributed by atoms with van der Waals surface area (Å²) in [5.74, 6) is 0.581. The molecule has 0 aliphatic carbocycles. The van der Waals surface area contributed by atoms with E-state index in [0.29, 0.717) is 31.5 Å². The molecule has 4 heteroatoms. The summed E-state index contributed by atoms with van der Waals surface area (Å²) in [5.41, 5.74) is -0.677. The molecule has 0 saturated carbocycles. The van der Waals surface area contributed by atoms with Gasteiger partial charge in [-0.2, -0.15) is 0 Å². The zero-order chi connectivity index (χ0) is 32.0. The summed E-state index contributed by atoms with van der Waals surface area (Å²) < 4.78 is 11.7. The first-order chi connectivity index (χ1) is 20.8. The topological polar surface area (TPSA) is 52.6 Å². The van der Waals surface area contributed by atoms with Crippen LogP contribution in [0.15, 0.2) is 0 Å². The molecule has 0 bridgehead atoms. The largest absolute Gasteiger partial charge is 0.465 e. The van der Waals surface area contributed by atoms with Gasteiger partial charge in [0.25, 0.3) is 0 Å². The van der Waals surface area contributed by atoms with Crippen LogP contribution in [0.25, 0.3) is 0 Å². The van der Waals surface area contributed by atoms with Gasteiger partial charge < -0.3 is 9.47 Å². The van der Waals surface area contributed by atoms with Crippen LogP contribution in [0.4, 0.5) is 0 Å². The van der Waals surface area contributed by atoms with Crippen LogP contribution in [-0.2, 0) is 19.1 Å². The standard InChI is InChI=1S/C39H76O4/c1-7-11-15-19-21-25-29-35(27-23-17-13-9-3)33-42-37(40)31-32-39(5,6)38(41)43-34-36(28-24-18-14-10-4)30-26-22-20-16-12-8-2/h35-36H,7-34H2,1-6H3. The molecule has 43 heavy (non-hydrogen) atoms. The Bertz CT molecular complexity index is 629. The molecular formula is C39H76O4. The van der Waals surface area contributed by atoms with Crippen LogP contribution >= 0.6 is 0 Å². The number of unbranched alkanes of at least 4 members (excludes halogenated alkanes) is 16. The second-order valence-corrected chi connectivity index (χ2v) is 14.2. The van der Waals surface area contributed by atoms with E-state index in [-0.39, 0.29) is 18.4 Å². The highest BCUT2D eigenvalue weighted by molar-refractivity contribution is 5.77. The van der Waals surface area contributed by atoms with E-state index in [4.69, 9.17) is 9.47 Å². The minimum atomic E-state index is -0.677. The number of esters is 2. The van der Waals surface area contributed by atoms with Crippen molar-refractivity contribution in [2.75, 3.05) is 13.2 Å². The lowest BCUT2D eigenvalue weighted by atomic mass is 9.88. The summed E-state index contributed by atoms with van der Waals surface area (Å²) >= 11 is 0. The molecular weight excluding hydrogens is 532 g/mol. The monoisotopic (exact) mass is 609 g/mol. The summed E-state index contributed by atoms with van der Waals surface area (Å²) in [6.45, 7) is 13.9. The number of hydrogen-bond acceptors (Lipinski definition) is 4. The van der Waals surface area contributed by atoms with Gasteiger partial charge in [-0.05, 0) is 57.8 Å². The van der Waals surface area contributed by atoms with E-state index in [2.05, 4.69) is 27.7 Å². The maximum absolute atomic E-state index is 13.1. The van der Waals surface area contributed by atoms with Crippen molar-refractivity contribution in [1.29, 1.82) is 0 Å². The Kier molecular flexibility index (Phi) is 28.9. The van der Waals surface area contributed by atoms with E-state index in [0.717, 1.165) is 25.7 Å². The van der Waals surface area contributed by atoms with Gasteiger partial charge in [0.1, 0.15) is 0 Å². The van der Waals surface area contributed by atoms with E-state index < -0.39 is 5.41 Å². The Labute approximate surface area is 269 Å². The number of carbonyl (C=O) groups is 2.